The number of ether oxygens (including phenoxy) is 3. The van der Waals surface area contributed by atoms with Gasteiger partial charge in [0.1, 0.15) is 5.75 Å². The summed E-state index contributed by atoms with van der Waals surface area (Å²) >= 11 is 0. The number of carbonyl (C=O) groups is 1. The van der Waals surface area contributed by atoms with Crippen molar-refractivity contribution in [3.63, 3.8) is 0 Å². The van der Waals surface area contributed by atoms with E-state index in [9.17, 15) is 9.90 Å². The largest absolute Gasteiger partial charge is 0.504 e. The summed E-state index contributed by atoms with van der Waals surface area (Å²) in [5, 5.41) is 10.2. The molecule has 0 atom stereocenters. The summed E-state index contributed by atoms with van der Waals surface area (Å²) < 4.78 is 15.2. The Kier molecular flexibility index (Phi) is 5.25. The summed E-state index contributed by atoms with van der Waals surface area (Å²) in [7, 11) is 4.45. The van der Waals surface area contributed by atoms with E-state index in [-0.39, 0.29) is 22.8 Å². The number of hydrogen-bond acceptors (Lipinski definition) is 5. The van der Waals surface area contributed by atoms with Crippen LogP contribution in [0.4, 0.5) is 0 Å². The van der Waals surface area contributed by atoms with E-state index in [2.05, 4.69) is 0 Å². The standard InChI is InChI=1S/C18H18O5/c1-21-13-7-4-12(5-8-13)6-10-15(19)14-9-11-16(22-2)18(23-3)17(14)20/h4-11,20H,1-3H3. The number of phenolic OH excluding ortho intramolecular Hbond substituents is 1. The number of phenols is 1. The van der Waals surface area contributed by atoms with Crippen molar-refractivity contribution in [1.29, 1.82) is 0 Å². The molecule has 0 aliphatic rings. The van der Waals surface area contributed by atoms with Gasteiger partial charge in [-0.05, 0) is 35.9 Å². The Bertz CT molecular complexity index is 717. The molecule has 0 saturated carbocycles. The number of aromatic hydroxyl groups is 1. The first-order chi connectivity index (χ1) is 11.1. The molecule has 2 rings (SSSR count). The zero-order valence-corrected chi connectivity index (χ0v) is 13.2. The third-order valence-corrected chi connectivity index (χ3v) is 3.33. The summed E-state index contributed by atoms with van der Waals surface area (Å²) in [6, 6.07) is 10.3. The highest BCUT2D eigenvalue weighted by molar-refractivity contribution is 6.09. The number of carbonyl (C=O) groups excluding carboxylic acids is 1. The zero-order chi connectivity index (χ0) is 16.8. The van der Waals surface area contributed by atoms with Crippen molar-refractivity contribution in [1.82, 2.24) is 0 Å². The number of benzene rings is 2. The molecule has 0 spiro atoms. The first-order valence-corrected chi connectivity index (χ1v) is 6.91. The molecule has 0 aliphatic heterocycles. The summed E-state index contributed by atoms with van der Waals surface area (Å²) in [5.41, 5.74) is 0.992. The van der Waals surface area contributed by atoms with Crippen molar-refractivity contribution < 1.29 is 24.1 Å². The second-order valence-electron chi connectivity index (χ2n) is 4.67. The van der Waals surface area contributed by atoms with Gasteiger partial charge in [-0.25, -0.2) is 0 Å². The quantitative estimate of drug-likeness (QED) is 0.654. The molecule has 0 saturated heterocycles. The SMILES string of the molecule is COc1ccc(C=CC(=O)c2ccc(OC)c(OC)c2O)cc1. The normalized spacial score (nSPS) is 10.6. The topological polar surface area (TPSA) is 65.0 Å². The molecule has 23 heavy (non-hydrogen) atoms. The number of rotatable bonds is 6. The maximum absolute atomic E-state index is 12.3. The van der Waals surface area contributed by atoms with E-state index in [1.54, 1.807) is 31.4 Å². The maximum atomic E-state index is 12.3. The fourth-order valence-electron chi connectivity index (χ4n) is 2.09. The minimum atomic E-state index is -0.334. The van der Waals surface area contributed by atoms with E-state index in [0.717, 1.165) is 11.3 Å². The van der Waals surface area contributed by atoms with Crippen LogP contribution in [0, 0.1) is 0 Å². The Morgan fingerprint density at radius 3 is 2.22 bits per heavy atom. The van der Waals surface area contributed by atoms with Gasteiger partial charge in [-0.2, -0.15) is 0 Å². The molecule has 0 unspecified atom stereocenters. The van der Waals surface area contributed by atoms with Gasteiger partial charge >= 0.3 is 0 Å². The maximum Gasteiger partial charge on any atom is 0.203 e. The minimum Gasteiger partial charge on any atom is -0.504 e. The van der Waals surface area contributed by atoms with Gasteiger partial charge < -0.3 is 19.3 Å². The molecular formula is C18H18O5. The van der Waals surface area contributed by atoms with E-state index in [1.165, 1.54) is 26.4 Å². The van der Waals surface area contributed by atoms with Crippen LogP contribution in [0.25, 0.3) is 6.08 Å². The molecule has 5 heteroatoms. The van der Waals surface area contributed by atoms with E-state index in [4.69, 9.17) is 14.2 Å². The van der Waals surface area contributed by atoms with Crippen LogP contribution >= 0.6 is 0 Å². The van der Waals surface area contributed by atoms with E-state index < -0.39 is 0 Å². The Morgan fingerprint density at radius 1 is 0.957 bits per heavy atom. The molecule has 5 nitrogen and oxygen atoms in total. The van der Waals surface area contributed by atoms with E-state index in [0.29, 0.717) is 5.75 Å². The molecule has 0 aromatic heterocycles. The number of allylic oxidation sites excluding steroid dienone is 1. The van der Waals surface area contributed by atoms with Crippen molar-refractivity contribution in [2.75, 3.05) is 21.3 Å². The van der Waals surface area contributed by atoms with Crippen molar-refractivity contribution in [3.05, 3.63) is 53.6 Å². The molecular weight excluding hydrogens is 296 g/mol. The van der Waals surface area contributed by atoms with Gasteiger partial charge in [0.25, 0.3) is 0 Å². The molecule has 0 heterocycles. The van der Waals surface area contributed by atoms with Crippen LogP contribution < -0.4 is 14.2 Å². The summed E-state index contributed by atoms with van der Waals surface area (Å²) in [4.78, 5) is 12.3. The first kappa shape index (κ1) is 16.4. The Morgan fingerprint density at radius 2 is 1.65 bits per heavy atom. The highest BCUT2D eigenvalue weighted by Crippen LogP contribution is 2.39. The van der Waals surface area contributed by atoms with Gasteiger partial charge in [-0.15, -0.1) is 0 Å². The van der Waals surface area contributed by atoms with Crippen LogP contribution in [0.3, 0.4) is 0 Å². The average molecular weight is 314 g/mol. The van der Waals surface area contributed by atoms with Gasteiger partial charge in [0.2, 0.25) is 5.75 Å². The number of ketones is 1. The number of hydrogen-bond donors (Lipinski definition) is 1. The van der Waals surface area contributed by atoms with Crippen molar-refractivity contribution in [3.8, 4) is 23.0 Å². The molecule has 0 radical (unpaired) electrons. The van der Waals surface area contributed by atoms with Crippen LogP contribution in [0.2, 0.25) is 0 Å². The van der Waals surface area contributed by atoms with Crippen molar-refractivity contribution >= 4 is 11.9 Å². The third-order valence-electron chi connectivity index (χ3n) is 3.33. The smallest absolute Gasteiger partial charge is 0.203 e. The number of methoxy groups -OCH3 is 3. The molecule has 2 aromatic carbocycles. The lowest BCUT2D eigenvalue weighted by Gasteiger charge is -2.11. The monoisotopic (exact) mass is 314 g/mol. The summed E-state index contributed by atoms with van der Waals surface area (Å²) in [6.07, 6.45) is 3.06. The second-order valence-corrected chi connectivity index (χ2v) is 4.67. The van der Waals surface area contributed by atoms with Gasteiger partial charge in [-0.3, -0.25) is 4.79 Å². The highest BCUT2D eigenvalue weighted by Gasteiger charge is 2.17. The lowest BCUT2D eigenvalue weighted by Crippen LogP contribution is -1.99. The van der Waals surface area contributed by atoms with Crippen LogP contribution in [-0.4, -0.2) is 32.2 Å². The van der Waals surface area contributed by atoms with Crippen LogP contribution in [-0.2, 0) is 0 Å². The van der Waals surface area contributed by atoms with Gasteiger partial charge in [0, 0.05) is 0 Å². The van der Waals surface area contributed by atoms with Crippen LogP contribution in [0.1, 0.15) is 15.9 Å². The molecule has 120 valence electrons. The van der Waals surface area contributed by atoms with Gasteiger partial charge in [-0.1, -0.05) is 18.2 Å². The minimum absolute atomic E-state index is 0.135. The van der Waals surface area contributed by atoms with E-state index >= 15 is 0 Å². The molecule has 0 aliphatic carbocycles. The predicted octanol–water partition coefficient (Wildman–Crippen LogP) is 3.31. The fourth-order valence-corrected chi connectivity index (χ4v) is 2.09. The molecule has 0 bridgehead atoms. The molecule has 1 N–H and O–H groups in total. The van der Waals surface area contributed by atoms with Gasteiger partial charge in [0.15, 0.2) is 17.3 Å². The summed E-state index contributed by atoms with van der Waals surface area (Å²) in [5.74, 6) is 0.665. The van der Waals surface area contributed by atoms with Crippen LogP contribution in [0.15, 0.2) is 42.5 Å². The Labute approximate surface area is 134 Å². The Hall–Kier alpha value is -2.95. The highest BCUT2D eigenvalue weighted by atomic mass is 16.5. The second kappa shape index (κ2) is 7.35. The van der Waals surface area contributed by atoms with Crippen LogP contribution in [0.5, 0.6) is 23.0 Å². The fraction of sp³-hybridized carbons (Fsp3) is 0.167. The predicted molar refractivity (Wildman–Crippen MR) is 87.6 cm³/mol. The summed E-state index contributed by atoms with van der Waals surface area (Å²) in [6.45, 7) is 0. The Balaban J connectivity index is 2.24. The van der Waals surface area contributed by atoms with Crippen molar-refractivity contribution in [2.24, 2.45) is 0 Å². The lowest BCUT2D eigenvalue weighted by atomic mass is 10.1. The lowest BCUT2D eigenvalue weighted by molar-refractivity contribution is 0.104. The van der Waals surface area contributed by atoms with E-state index in [1.807, 2.05) is 12.1 Å². The average Bonchev–Trinajstić information content (AvgIpc) is 2.59. The molecule has 2 aromatic rings. The van der Waals surface area contributed by atoms with Gasteiger partial charge in [0.05, 0.1) is 26.9 Å². The third kappa shape index (κ3) is 3.63. The van der Waals surface area contributed by atoms with Crippen molar-refractivity contribution in [2.45, 2.75) is 0 Å². The molecule has 0 amide bonds. The molecule has 0 fully saturated rings. The first-order valence-electron chi connectivity index (χ1n) is 6.91. The zero-order valence-electron chi connectivity index (χ0n) is 13.2.